The Morgan fingerprint density at radius 3 is 2.60 bits per heavy atom. The van der Waals surface area contributed by atoms with Gasteiger partial charge >= 0.3 is 6.09 Å². The number of benzene rings is 1. The quantitative estimate of drug-likeness (QED) is 0.673. The molecule has 0 unspecified atom stereocenters. The minimum Gasteiger partial charge on any atom is -0.449 e. The van der Waals surface area contributed by atoms with Gasteiger partial charge in [0.25, 0.3) is 0 Å². The maximum absolute atomic E-state index is 12.4. The topological polar surface area (TPSA) is 59.0 Å². The van der Waals surface area contributed by atoms with Crippen LogP contribution in [0, 0.1) is 11.8 Å². The van der Waals surface area contributed by atoms with Crippen LogP contribution in [0.15, 0.2) is 30.3 Å². The molecule has 5 heteroatoms. The normalized spacial score (nSPS) is 19.0. The van der Waals surface area contributed by atoms with E-state index in [2.05, 4.69) is 11.8 Å². The first-order valence-electron chi connectivity index (χ1n) is 8.58. The fourth-order valence-corrected chi connectivity index (χ4v) is 2.94. The van der Waals surface area contributed by atoms with Crippen molar-refractivity contribution in [3.05, 3.63) is 35.9 Å². The highest BCUT2D eigenvalue weighted by molar-refractivity contribution is 5.69. The molecule has 0 aliphatic carbocycles. The van der Waals surface area contributed by atoms with E-state index in [0.29, 0.717) is 19.4 Å². The summed E-state index contributed by atoms with van der Waals surface area (Å²) in [4.78, 5) is 14.0. The van der Waals surface area contributed by atoms with Gasteiger partial charge in [0.1, 0.15) is 11.8 Å². The van der Waals surface area contributed by atoms with Gasteiger partial charge in [0, 0.05) is 5.56 Å². The average molecular weight is 345 g/mol. The fourth-order valence-electron chi connectivity index (χ4n) is 2.94. The summed E-state index contributed by atoms with van der Waals surface area (Å²) in [6, 6.07) is 9.51. The molecule has 0 radical (unpaired) electrons. The van der Waals surface area contributed by atoms with E-state index in [1.54, 1.807) is 4.90 Å². The molecule has 1 heterocycles. The van der Waals surface area contributed by atoms with Gasteiger partial charge in [0.15, 0.2) is 0 Å². The molecule has 136 valence electrons. The van der Waals surface area contributed by atoms with Crippen molar-refractivity contribution in [2.45, 2.75) is 57.9 Å². The molecule has 1 aliphatic heterocycles. The maximum Gasteiger partial charge on any atom is 0.412 e. The lowest BCUT2D eigenvalue weighted by atomic mass is 10.0. The molecule has 1 fully saturated rings. The Bertz CT molecular complexity index is 627. The molecule has 1 atom stereocenters. The summed E-state index contributed by atoms with van der Waals surface area (Å²) >= 11 is 0. The van der Waals surface area contributed by atoms with E-state index >= 15 is 0 Å². The third-order valence-electron chi connectivity index (χ3n) is 4.11. The monoisotopic (exact) mass is 345 g/mol. The summed E-state index contributed by atoms with van der Waals surface area (Å²) in [6.45, 7) is 8.32. The van der Waals surface area contributed by atoms with Gasteiger partial charge in [-0.25, -0.2) is 4.79 Å². The number of hydrogen-bond acceptors (Lipinski definition) is 4. The zero-order valence-electron chi connectivity index (χ0n) is 15.4. The highest BCUT2D eigenvalue weighted by Crippen LogP contribution is 2.34. The lowest BCUT2D eigenvalue weighted by molar-refractivity contribution is -0.0520. The van der Waals surface area contributed by atoms with E-state index in [4.69, 9.17) is 9.47 Å². The molecule has 0 spiro atoms. The number of nitrogens with zero attached hydrogens (tertiary/aromatic N) is 1. The maximum atomic E-state index is 12.4. The van der Waals surface area contributed by atoms with Gasteiger partial charge in [0.2, 0.25) is 0 Å². The molecule has 0 bridgehead atoms. The Morgan fingerprint density at radius 1 is 1.32 bits per heavy atom. The van der Waals surface area contributed by atoms with E-state index in [1.807, 2.05) is 58.0 Å². The van der Waals surface area contributed by atoms with Crippen molar-refractivity contribution in [2.75, 3.05) is 13.2 Å². The summed E-state index contributed by atoms with van der Waals surface area (Å²) in [6.07, 6.45) is -0.123. The first-order chi connectivity index (χ1) is 11.7. The number of aliphatic hydroxyl groups is 1. The highest BCUT2D eigenvalue weighted by Gasteiger charge is 2.49. The molecule has 1 saturated heterocycles. The van der Waals surface area contributed by atoms with E-state index in [1.165, 1.54) is 0 Å². The second kappa shape index (κ2) is 7.90. The van der Waals surface area contributed by atoms with Crippen LogP contribution in [0.25, 0.3) is 0 Å². The van der Waals surface area contributed by atoms with Gasteiger partial charge in [-0.1, -0.05) is 30.0 Å². The Hall–Kier alpha value is -2.03. The number of aliphatic hydroxyl groups excluding tert-OH is 1. The van der Waals surface area contributed by atoms with Crippen molar-refractivity contribution >= 4 is 6.09 Å². The largest absolute Gasteiger partial charge is 0.449 e. The van der Waals surface area contributed by atoms with Gasteiger partial charge in [0.05, 0.1) is 18.8 Å². The van der Waals surface area contributed by atoms with E-state index < -0.39 is 23.5 Å². The van der Waals surface area contributed by atoms with Gasteiger partial charge in [-0.05, 0) is 52.7 Å². The average Bonchev–Trinajstić information content (AvgIpc) is 2.78. The summed E-state index contributed by atoms with van der Waals surface area (Å²) < 4.78 is 11.0. The molecule has 25 heavy (non-hydrogen) atoms. The standard InChI is InChI=1S/C20H27NO4/c1-19(2)15-25-20(3,4)21(19)18(23)24-14-8-11-17(22)13-12-16-9-6-5-7-10-16/h5-7,9-10,17,22H,8,11,14-15H2,1-4H3/t17-/m1/s1. The molecular weight excluding hydrogens is 318 g/mol. The third kappa shape index (κ3) is 5.22. The van der Waals surface area contributed by atoms with Crippen molar-refractivity contribution in [1.82, 2.24) is 4.90 Å². The minimum absolute atomic E-state index is 0.242. The van der Waals surface area contributed by atoms with Gasteiger partial charge in [-0.2, -0.15) is 0 Å². The number of rotatable bonds is 4. The zero-order chi connectivity index (χ0) is 18.5. The summed E-state index contributed by atoms with van der Waals surface area (Å²) in [5.74, 6) is 5.73. The Kier molecular flexibility index (Phi) is 6.10. The van der Waals surface area contributed by atoms with E-state index in [-0.39, 0.29) is 6.61 Å². The van der Waals surface area contributed by atoms with Gasteiger partial charge in [-0.3, -0.25) is 4.90 Å². The SMILES string of the molecule is CC1(C)COC(C)(C)N1C(=O)OCCC[C@@H](O)C#Cc1ccccc1. The van der Waals surface area contributed by atoms with Crippen LogP contribution >= 0.6 is 0 Å². The summed E-state index contributed by atoms with van der Waals surface area (Å²) in [5.41, 5.74) is -0.214. The first kappa shape index (κ1) is 19.3. The summed E-state index contributed by atoms with van der Waals surface area (Å²) in [5, 5.41) is 9.91. The third-order valence-corrected chi connectivity index (χ3v) is 4.11. The van der Waals surface area contributed by atoms with Crippen LogP contribution in [0.3, 0.4) is 0 Å². The van der Waals surface area contributed by atoms with E-state index in [0.717, 1.165) is 5.56 Å². The number of hydrogen-bond donors (Lipinski definition) is 1. The molecular formula is C20H27NO4. The molecule has 1 aromatic rings. The Morgan fingerprint density at radius 2 is 2.00 bits per heavy atom. The first-order valence-corrected chi connectivity index (χ1v) is 8.58. The van der Waals surface area contributed by atoms with Gasteiger partial charge in [-0.15, -0.1) is 0 Å². The number of carbonyl (C=O) groups is 1. The van der Waals surface area contributed by atoms with E-state index in [9.17, 15) is 9.90 Å². The number of ether oxygens (including phenoxy) is 2. The molecule has 1 N–H and O–H groups in total. The molecule has 1 aromatic carbocycles. The van der Waals surface area contributed by atoms with Crippen LogP contribution in [0.2, 0.25) is 0 Å². The van der Waals surface area contributed by atoms with Crippen LogP contribution in [-0.2, 0) is 9.47 Å². The Balaban J connectivity index is 1.76. The molecule has 5 nitrogen and oxygen atoms in total. The van der Waals surface area contributed by atoms with Crippen LogP contribution < -0.4 is 0 Å². The van der Waals surface area contributed by atoms with Crippen LogP contribution in [-0.4, -0.2) is 46.7 Å². The highest BCUT2D eigenvalue weighted by atomic mass is 16.6. The zero-order valence-corrected chi connectivity index (χ0v) is 15.4. The lowest BCUT2D eigenvalue weighted by Crippen LogP contribution is -2.52. The van der Waals surface area contributed by atoms with Crippen molar-refractivity contribution in [1.29, 1.82) is 0 Å². The van der Waals surface area contributed by atoms with Gasteiger partial charge < -0.3 is 14.6 Å². The molecule has 1 aliphatic rings. The minimum atomic E-state index is -0.734. The van der Waals surface area contributed by atoms with Crippen molar-refractivity contribution < 1.29 is 19.4 Å². The van der Waals surface area contributed by atoms with Crippen molar-refractivity contribution in [3.8, 4) is 11.8 Å². The smallest absolute Gasteiger partial charge is 0.412 e. The van der Waals surface area contributed by atoms with Crippen molar-refractivity contribution in [2.24, 2.45) is 0 Å². The molecule has 2 rings (SSSR count). The van der Waals surface area contributed by atoms with Crippen molar-refractivity contribution in [3.63, 3.8) is 0 Å². The van der Waals surface area contributed by atoms with Crippen LogP contribution in [0.5, 0.6) is 0 Å². The number of carbonyl (C=O) groups excluding carboxylic acids is 1. The predicted molar refractivity (Wildman–Crippen MR) is 95.9 cm³/mol. The predicted octanol–water partition coefficient (Wildman–Crippen LogP) is 3.16. The molecule has 1 amide bonds. The Labute approximate surface area is 149 Å². The van der Waals surface area contributed by atoms with Crippen LogP contribution in [0.1, 0.15) is 46.1 Å². The fraction of sp³-hybridized carbons (Fsp3) is 0.550. The number of amides is 1. The van der Waals surface area contributed by atoms with Crippen LogP contribution in [0.4, 0.5) is 4.79 Å². The summed E-state index contributed by atoms with van der Waals surface area (Å²) in [7, 11) is 0. The lowest BCUT2D eigenvalue weighted by Gasteiger charge is -2.36. The molecule has 0 saturated carbocycles. The molecule has 0 aromatic heterocycles. The second-order valence-electron chi connectivity index (χ2n) is 7.29. The second-order valence-corrected chi connectivity index (χ2v) is 7.29.